The highest BCUT2D eigenvalue weighted by atomic mass is 35.5. The maximum Gasteiger partial charge on any atom is 0.223 e. The highest BCUT2D eigenvalue weighted by Gasteiger charge is 2.58. The van der Waals surface area contributed by atoms with Crippen molar-refractivity contribution in [1.29, 1.82) is 0 Å². The number of piperidine rings is 1. The van der Waals surface area contributed by atoms with Crippen LogP contribution < -0.4 is 5.32 Å². The number of likely N-dealkylation sites (tertiary alicyclic amines) is 1. The van der Waals surface area contributed by atoms with Gasteiger partial charge in [-0.1, -0.05) is 60.8 Å². The minimum absolute atomic E-state index is 0.119. The number of nitrogens with zero attached hydrogens (tertiary/aromatic N) is 1. The molecule has 3 fully saturated rings. The predicted molar refractivity (Wildman–Crippen MR) is 128 cm³/mol. The van der Waals surface area contributed by atoms with Crippen LogP contribution in [0.3, 0.4) is 0 Å². The molecule has 2 aromatic rings. The maximum absolute atomic E-state index is 13.1. The van der Waals surface area contributed by atoms with E-state index in [1.165, 1.54) is 31.2 Å². The molecule has 1 atom stereocenters. The topological polar surface area (TPSA) is 52.6 Å². The van der Waals surface area contributed by atoms with Gasteiger partial charge in [-0.2, -0.15) is 0 Å². The Kier molecular flexibility index (Phi) is 5.94. The fourth-order valence-electron chi connectivity index (χ4n) is 6.12. The van der Waals surface area contributed by atoms with Crippen molar-refractivity contribution in [3.63, 3.8) is 0 Å². The normalized spacial score (nSPS) is 23.8. The lowest BCUT2D eigenvalue weighted by molar-refractivity contribution is -0.123. The molecule has 1 spiro atoms. The molecular formula is C27H33ClN2O2. The van der Waals surface area contributed by atoms with Gasteiger partial charge in [-0.3, -0.25) is 9.69 Å². The summed E-state index contributed by atoms with van der Waals surface area (Å²) in [4.78, 5) is 15.5. The minimum Gasteiger partial charge on any atom is -0.506 e. The van der Waals surface area contributed by atoms with Crippen LogP contribution in [0.1, 0.15) is 56.1 Å². The predicted octanol–water partition coefficient (Wildman–Crippen LogP) is 5.28. The molecule has 170 valence electrons. The molecule has 4 nitrogen and oxygen atoms in total. The Balaban J connectivity index is 1.14. The Morgan fingerprint density at radius 3 is 2.47 bits per heavy atom. The van der Waals surface area contributed by atoms with Crippen molar-refractivity contribution in [1.82, 2.24) is 10.2 Å². The quantitative estimate of drug-likeness (QED) is 0.627. The molecule has 32 heavy (non-hydrogen) atoms. The van der Waals surface area contributed by atoms with Crippen molar-refractivity contribution >= 4 is 17.5 Å². The number of phenolic OH excluding ortho intramolecular Hbond substituents is 1. The van der Waals surface area contributed by atoms with Crippen LogP contribution in [0.4, 0.5) is 0 Å². The fourth-order valence-corrected chi connectivity index (χ4v) is 6.33. The zero-order valence-corrected chi connectivity index (χ0v) is 19.4. The van der Waals surface area contributed by atoms with E-state index in [0.29, 0.717) is 5.02 Å². The number of aromatic hydroxyl groups is 1. The van der Waals surface area contributed by atoms with Crippen molar-refractivity contribution in [2.45, 2.75) is 56.9 Å². The van der Waals surface area contributed by atoms with Crippen molar-refractivity contribution in [3.05, 3.63) is 64.7 Å². The van der Waals surface area contributed by atoms with E-state index in [4.69, 9.17) is 11.6 Å². The summed E-state index contributed by atoms with van der Waals surface area (Å²) in [5, 5.41) is 13.4. The molecule has 0 bridgehead atoms. The second-order valence-corrected chi connectivity index (χ2v) is 10.7. The first kappa shape index (κ1) is 21.8. The number of carbonyl (C=O) groups excluding carboxylic acids is 1. The average Bonchev–Trinajstić information content (AvgIpc) is 3.29. The van der Waals surface area contributed by atoms with Crippen LogP contribution in [-0.2, 0) is 16.8 Å². The summed E-state index contributed by atoms with van der Waals surface area (Å²) in [7, 11) is 0. The molecule has 0 radical (unpaired) electrons. The van der Waals surface area contributed by atoms with Crippen molar-refractivity contribution in [3.8, 4) is 5.75 Å². The molecule has 1 saturated heterocycles. The number of rotatable bonds is 6. The van der Waals surface area contributed by atoms with Gasteiger partial charge in [-0.05, 0) is 73.9 Å². The van der Waals surface area contributed by atoms with E-state index < -0.39 is 0 Å². The molecule has 2 saturated carbocycles. The summed E-state index contributed by atoms with van der Waals surface area (Å²) in [5.41, 5.74) is 2.83. The van der Waals surface area contributed by atoms with Gasteiger partial charge in [-0.25, -0.2) is 0 Å². The third kappa shape index (κ3) is 4.27. The summed E-state index contributed by atoms with van der Waals surface area (Å²) in [6, 6.07) is 16.2. The summed E-state index contributed by atoms with van der Waals surface area (Å²) in [6.07, 6.45) is 8.05. The lowest BCUT2D eigenvalue weighted by atomic mass is 9.78. The highest BCUT2D eigenvalue weighted by molar-refractivity contribution is 6.32. The summed E-state index contributed by atoms with van der Waals surface area (Å²) >= 11 is 6.05. The van der Waals surface area contributed by atoms with Crippen molar-refractivity contribution in [2.24, 2.45) is 11.3 Å². The van der Waals surface area contributed by atoms with Crippen LogP contribution in [0.25, 0.3) is 0 Å². The van der Waals surface area contributed by atoms with Gasteiger partial charge in [0.15, 0.2) is 0 Å². The Hall–Kier alpha value is -2.04. The van der Waals surface area contributed by atoms with Gasteiger partial charge in [-0.15, -0.1) is 0 Å². The molecule has 2 N–H and O–H groups in total. The molecule has 2 aliphatic carbocycles. The SMILES string of the molecule is O=C(NCC1(c2ccccc2)CCCC1)[C@H]1CC12CCN(Cc1ccc(O)c(Cl)c1)CC2. The van der Waals surface area contributed by atoms with Crippen LogP contribution >= 0.6 is 11.6 Å². The third-order valence-electron chi connectivity index (χ3n) is 8.32. The van der Waals surface area contributed by atoms with Crippen LogP contribution in [-0.4, -0.2) is 35.5 Å². The number of carbonyl (C=O) groups is 1. The van der Waals surface area contributed by atoms with E-state index in [1.54, 1.807) is 6.07 Å². The van der Waals surface area contributed by atoms with E-state index in [0.717, 1.165) is 51.0 Å². The first-order valence-electron chi connectivity index (χ1n) is 12.0. The van der Waals surface area contributed by atoms with Gasteiger partial charge in [0, 0.05) is 24.4 Å². The van der Waals surface area contributed by atoms with E-state index in [9.17, 15) is 9.90 Å². The number of amides is 1. The molecule has 5 heteroatoms. The maximum atomic E-state index is 13.1. The summed E-state index contributed by atoms with van der Waals surface area (Å²) < 4.78 is 0. The highest BCUT2D eigenvalue weighted by Crippen LogP contribution is 2.59. The number of nitrogens with one attached hydrogen (secondary N) is 1. The van der Waals surface area contributed by atoms with Crippen LogP contribution in [0.5, 0.6) is 5.75 Å². The average molecular weight is 453 g/mol. The number of hydrogen-bond acceptors (Lipinski definition) is 3. The second kappa shape index (κ2) is 8.72. The molecule has 0 aromatic heterocycles. The van der Waals surface area contributed by atoms with Crippen LogP contribution in [0.2, 0.25) is 5.02 Å². The van der Waals surface area contributed by atoms with Gasteiger partial charge in [0.05, 0.1) is 5.02 Å². The second-order valence-electron chi connectivity index (χ2n) is 10.3. The van der Waals surface area contributed by atoms with E-state index in [1.807, 2.05) is 12.1 Å². The number of phenols is 1. The zero-order valence-electron chi connectivity index (χ0n) is 18.7. The van der Waals surface area contributed by atoms with Gasteiger partial charge >= 0.3 is 0 Å². The van der Waals surface area contributed by atoms with E-state index in [-0.39, 0.29) is 28.4 Å². The molecule has 3 aliphatic rings. The van der Waals surface area contributed by atoms with Crippen molar-refractivity contribution in [2.75, 3.05) is 19.6 Å². The number of halogens is 1. The first-order valence-corrected chi connectivity index (χ1v) is 12.4. The molecule has 1 aliphatic heterocycles. The van der Waals surface area contributed by atoms with Crippen LogP contribution in [0.15, 0.2) is 48.5 Å². The fraction of sp³-hybridized carbons (Fsp3) is 0.519. The smallest absolute Gasteiger partial charge is 0.223 e. The molecular weight excluding hydrogens is 420 g/mol. The van der Waals surface area contributed by atoms with E-state index in [2.05, 4.69) is 40.5 Å². The standard InChI is InChI=1S/C27H33ClN2O2/c28-23-16-20(8-9-24(23)31)18-30-14-12-26(13-15-30)17-22(26)25(32)29-19-27(10-4-5-11-27)21-6-2-1-3-7-21/h1-3,6-9,16,22,31H,4-5,10-15,17-19H2,(H,29,32)/t22-/m1/s1. The van der Waals surface area contributed by atoms with Gasteiger partial charge in [0.25, 0.3) is 0 Å². The largest absolute Gasteiger partial charge is 0.506 e. The van der Waals surface area contributed by atoms with E-state index >= 15 is 0 Å². The Morgan fingerprint density at radius 2 is 1.78 bits per heavy atom. The molecule has 5 rings (SSSR count). The number of benzene rings is 2. The Bertz CT molecular complexity index is 963. The van der Waals surface area contributed by atoms with Gasteiger partial charge in [0.1, 0.15) is 5.75 Å². The Labute approximate surface area is 196 Å². The van der Waals surface area contributed by atoms with Gasteiger partial charge < -0.3 is 10.4 Å². The zero-order chi connectivity index (χ0) is 22.2. The first-order chi connectivity index (χ1) is 15.5. The lowest BCUT2D eigenvalue weighted by Gasteiger charge is -2.33. The number of hydrogen-bond donors (Lipinski definition) is 2. The lowest BCUT2D eigenvalue weighted by Crippen LogP contribution is -2.41. The molecule has 1 amide bonds. The summed E-state index contributed by atoms with van der Waals surface area (Å²) in [6.45, 7) is 3.63. The Morgan fingerprint density at radius 1 is 1.06 bits per heavy atom. The molecule has 0 unspecified atom stereocenters. The monoisotopic (exact) mass is 452 g/mol. The van der Waals surface area contributed by atoms with Crippen LogP contribution in [0, 0.1) is 11.3 Å². The molecule has 2 aromatic carbocycles. The summed E-state index contributed by atoms with van der Waals surface area (Å²) in [5.74, 6) is 0.583. The third-order valence-corrected chi connectivity index (χ3v) is 8.63. The van der Waals surface area contributed by atoms with Gasteiger partial charge in [0.2, 0.25) is 5.91 Å². The molecule has 1 heterocycles. The van der Waals surface area contributed by atoms with Crippen molar-refractivity contribution < 1.29 is 9.90 Å². The minimum atomic E-state index is 0.119.